The minimum Gasteiger partial charge on any atom is -0.492 e. The standard InChI is InChI=1S/C16H20N4O2/c1-12(21)20-9-2-3-13(20)7-10-22-14-4-5-15(17-11-14)16-6-8-18-19-16/h4-6,8,11,13H,2-3,7,9-10H2,1H3,(H,18,19)/t13-/m1/s1. The van der Waals surface area contributed by atoms with Crippen LogP contribution in [0, 0.1) is 0 Å². The van der Waals surface area contributed by atoms with Gasteiger partial charge in [-0.1, -0.05) is 0 Å². The van der Waals surface area contributed by atoms with E-state index in [-0.39, 0.29) is 5.91 Å². The molecule has 0 spiro atoms. The van der Waals surface area contributed by atoms with Crippen molar-refractivity contribution in [2.24, 2.45) is 0 Å². The number of amides is 1. The fourth-order valence-electron chi connectivity index (χ4n) is 2.89. The van der Waals surface area contributed by atoms with Crippen LogP contribution in [0.4, 0.5) is 0 Å². The summed E-state index contributed by atoms with van der Waals surface area (Å²) < 4.78 is 5.74. The number of H-pyrrole nitrogens is 1. The van der Waals surface area contributed by atoms with Crippen molar-refractivity contribution in [3.05, 3.63) is 30.6 Å². The third-order valence-corrected chi connectivity index (χ3v) is 4.01. The van der Waals surface area contributed by atoms with Crippen molar-refractivity contribution < 1.29 is 9.53 Å². The van der Waals surface area contributed by atoms with Crippen LogP contribution in [-0.4, -0.2) is 45.2 Å². The van der Waals surface area contributed by atoms with Crippen molar-refractivity contribution in [3.63, 3.8) is 0 Å². The van der Waals surface area contributed by atoms with Gasteiger partial charge in [0.1, 0.15) is 5.75 Å². The van der Waals surface area contributed by atoms with Crippen molar-refractivity contribution in [1.29, 1.82) is 0 Å². The molecule has 2 aromatic heterocycles. The molecular weight excluding hydrogens is 280 g/mol. The molecule has 22 heavy (non-hydrogen) atoms. The molecule has 1 aliphatic rings. The van der Waals surface area contributed by atoms with Crippen LogP contribution in [0.2, 0.25) is 0 Å². The summed E-state index contributed by atoms with van der Waals surface area (Å²) in [4.78, 5) is 17.8. The van der Waals surface area contributed by atoms with E-state index in [2.05, 4.69) is 15.2 Å². The van der Waals surface area contributed by atoms with Gasteiger partial charge in [-0.05, 0) is 31.0 Å². The first kappa shape index (κ1) is 14.6. The Labute approximate surface area is 129 Å². The Morgan fingerprint density at radius 3 is 3.05 bits per heavy atom. The maximum Gasteiger partial charge on any atom is 0.219 e. The molecule has 0 unspecified atom stereocenters. The lowest BCUT2D eigenvalue weighted by atomic mass is 10.1. The van der Waals surface area contributed by atoms with Crippen LogP contribution in [0.25, 0.3) is 11.4 Å². The Morgan fingerprint density at radius 2 is 2.36 bits per heavy atom. The van der Waals surface area contributed by atoms with Gasteiger partial charge in [-0.25, -0.2) is 0 Å². The van der Waals surface area contributed by atoms with Crippen molar-refractivity contribution in [2.45, 2.75) is 32.2 Å². The van der Waals surface area contributed by atoms with Crippen LogP contribution >= 0.6 is 0 Å². The third-order valence-electron chi connectivity index (χ3n) is 4.01. The Morgan fingerprint density at radius 1 is 1.45 bits per heavy atom. The molecule has 0 saturated carbocycles. The molecule has 1 N–H and O–H groups in total. The van der Waals surface area contributed by atoms with Crippen molar-refractivity contribution >= 4 is 5.91 Å². The van der Waals surface area contributed by atoms with Gasteiger partial charge in [-0.3, -0.25) is 14.9 Å². The van der Waals surface area contributed by atoms with Gasteiger partial charge in [-0.2, -0.15) is 5.10 Å². The Bertz CT molecular complexity index is 610. The van der Waals surface area contributed by atoms with Crippen molar-refractivity contribution in [2.75, 3.05) is 13.2 Å². The number of carbonyl (C=O) groups excluding carboxylic acids is 1. The number of nitrogens with one attached hydrogen (secondary N) is 1. The topological polar surface area (TPSA) is 71.1 Å². The molecule has 0 aliphatic carbocycles. The highest BCUT2D eigenvalue weighted by atomic mass is 16.5. The van der Waals surface area contributed by atoms with Crippen molar-refractivity contribution in [1.82, 2.24) is 20.1 Å². The first-order valence-corrected chi connectivity index (χ1v) is 7.60. The van der Waals surface area contributed by atoms with Crippen LogP contribution in [0.3, 0.4) is 0 Å². The third kappa shape index (κ3) is 3.27. The molecule has 1 saturated heterocycles. The Kier molecular flexibility index (Phi) is 4.37. The molecule has 1 amide bonds. The zero-order valence-electron chi connectivity index (χ0n) is 12.7. The largest absolute Gasteiger partial charge is 0.492 e. The average molecular weight is 300 g/mol. The van der Waals surface area contributed by atoms with E-state index in [9.17, 15) is 4.79 Å². The van der Waals surface area contributed by atoms with Gasteiger partial charge < -0.3 is 9.64 Å². The van der Waals surface area contributed by atoms with E-state index in [4.69, 9.17) is 4.74 Å². The highest BCUT2D eigenvalue weighted by molar-refractivity contribution is 5.73. The fraction of sp³-hybridized carbons (Fsp3) is 0.438. The van der Waals surface area contributed by atoms with E-state index in [0.29, 0.717) is 12.6 Å². The van der Waals surface area contributed by atoms with Gasteiger partial charge >= 0.3 is 0 Å². The predicted molar refractivity (Wildman–Crippen MR) is 82.3 cm³/mol. The quantitative estimate of drug-likeness (QED) is 0.919. The van der Waals surface area contributed by atoms with Gasteiger partial charge in [-0.15, -0.1) is 0 Å². The first-order chi connectivity index (χ1) is 10.7. The number of likely N-dealkylation sites (tertiary alicyclic amines) is 1. The predicted octanol–water partition coefficient (Wildman–Crippen LogP) is 2.25. The second-order valence-corrected chi connectivity index (χ2v) is 5.50. The second-order valence-electron chi connectivity index (χ2n) is 5.50. The molecule has 1 fully saturated rings. The fourth-order valence-corrected chi connectivity index (χ4v) is 2.89. The van der Waals surface area contributed by atoms with Crippen LogP contribution in [0.15, 0.2) is 30.6 Å². The van der Waals surface area contributed by atoms with Gasteiger partial charge in [0.2, 0.25) is 5.91 Å². The highest BCUT2D eigenvalue weighted by Crippen LogP contribution is 2.21. The van der Waals surface area contributed by atoms with Gasteiger partial charge in [0.05, 0.1) is 24.2 Å². The van der Waals surface area contributed by atoms with Gasteiger partial charge in [0.25, 0.3) is 0 Å². The summed E-state index contributed by atoms with van der Waals surface area (Å²) >= 11 is 0. The van der Waals surface area contributed by atoms with E-state index >= 15 is 0 Å². The highest BCUT2D eigenvalue weighted by Gasteiger charge is 2.25. The SMILES string of the molecule is CC(=O)N1CCC[C@@H]1CCOc1ccc(-c2ccn[nH]2)nc1. The molecule has 116 valence electrons. The monoisotopic (exact) mass is 300 g/mol. The molecule has 1 aliphatic heterocycles. The first-order valence-electron chi connectivity index (χ1n) is 7.60. The molecular formula is C16H20N4O2. The maximum absolute atomic E-state index is 11.5. The average Bonchev–Trinajstić information content (AvgIpc) is 3.19. The van der Waals surface area contributed by atoms with E-state index in [1.165, 1.54) is 0 Å². The number of hydrogen-bond donors (Lipinski definition) is 1. The van der Waals surface area contributed by atoms with Crippen LogP contribution in [0.1, 0.15) is 26.2 Å². The lowest BCUT2D eigenvalue weighted by Gasteiger charge is -2.23. The lowest BCUT2D eigenvalue weighted by molar-refractivity contribution is -0.129. The second kappa shape index (κ2) is 6.60. The van der Waals surface area contributed by atoms with Crippen LogP contribution in [0.5, 0.6) is 5.75 Å². The van der Waals surface area contributed by atoms with E-state index in [1.54, 1.807) is 19.3 Å². The van der Waals surface area contributed by atoms with Crippen LogP contribution < -0.4 is 4.74 Å². The zero-order chi connectivity index (χ0) is 15.4. The summed E-state index contributed by atoms with van der Waals surface area (Å²) in [6, 6.07) is 6.00. The molecule has 3 rings (SSSR count). The molecule has 2 aromatic rings. The molecule has 1 atom stereocenters. The van der Waals surface area contributed by atoms with Crippen molar-refractivity contribution in [3.8, 4) is 17.1 Å². The number of pyridine rings is 1. The lowest BCUT2D eigenvalue weighted by Crippen LogP contribution is -2.34. The molecule has 6 heteroatoms. The van der Waals surface area contributed by atoms with Gasteiger partial charge in [0, 0.05) is 32.1 Å². The number of carbonyl (C=O) groups is 1. The molecule has 0 bridgehead atoms. The number of hydrogen-bond acceptors (Lipinski definition) is 4. The number of aromatic nitrogens is 3. The Balaban J connectivity index is 1.51. The zero-order valence-corrected chi connectivity index (χ0v) is 12.7. The minimum atomic E-state index is 0.160. The van der Waals surface area contributed by atoms with E-state index < -0.39 is 0 Å². The minimum absolute atomic E-state index is 0.160. The summed E-state index contributed by atoms with van der Waals surface area (Å²) in [5.41, 5.74) is 1.72. The van der Waals surface area contributed by atoms with E-state index in [1.807, 2.05) is 23.1 Å². The summed E-state index contributed by atoms with van der Waals surface area (Å²) in [5, 5.41) is 6.79. The summed E-state index contributed by atoms with van der Waals surface area (Å²) in [6.07, 6.45) is 6.43. The number of nitrogens with zero attached hydrogens (tertiary/aromatic N) is 3. The van der Waals surface area contributed by atoms with Gasteiger partial charge in [0.15, 0.2) is 0 Å². The molecule has 0 radical (unpaired) electrons. The summed E-state index contributed by atoms with van der Waals surface area (Å²) in [7, 11) is 0. The van der Waals surface area contributed by atoms with E-state index in [0.717, 1.165) is 42.9 Å². The van der Waals surface area contributed by atoms with Crippen LogP contribution in [-0.2, 0) is 4.79 Å². The Hall–Kier alpha value is -2.37. The molecule has 0 aromatic carbocycles. The number of rotatable bonds is 5. The maximum atomic E-state index is 11.5. The number of aromatic amines is 1. The summed E-state index contributed by atoms with van der Waals surface area (Å²) in [6.45, 7) is 3.11. The summed E-state index contributed by atoms with van der Waals surface area (Å²) in [5.74, 6) is 0.906. The number of ether oxygens (including phenoxy) is 1. The smallest absolute Gasteiger partial charge is 0.219 e. The normalized spacial score (nSPS) is 17.7. The molecule has 6 nitrogen and oxygen atoms in total. The molecule has 3 heterocycles.